The van der Waals surface area contributed by atoms with Crippen molar-refractivity contribution in [2.24, 2.45) is 5.92 Å². The van der Waals surface area contributed by atoms with Crippen LogP contribution in [0.5, 0.6) is 0 Å². The Morgan fingerprint density at radius 3 is 2.56 bits per heavy atom. The Morgan fingerprint density at radius 2 is 1.96 bits per heavy atom. The van der Waals surface area contributed by atoms with Gasteiger partial charge in [-0.15, -0.1) is 0 Å². The van der Waals surface area contributed by atoms with Crippen LogP contribution in [0.25, 0.3) is 0 Å². The molecule has 2 aliphatic rings. The molecule has 25 heavy (non-hydrogen) atoms. The standard InChI is InChI=1S/C17H28N2O6/c1-18(15(20)6-10-24-12-14-3-2-9-25-14)11-16(21)19-7-4-13(5-8-19)17(22)23/h13-14H,2-12H2,1H3,(H,22,23). The number of rotatable bonds is 8. The molecule has 0 radical (unpaired) electrons. The molecule has 0 aromatic carbocycles. The quantitative estimate of drug-likeness (QED) is 0.631. The highest BCUT2D eigenvalue weighted by atomic mass is 16.5. The van der Waals surface area contributed by atoms with E-state index in [9.17, 15) is 14.4 Å². The van der Waals surface area contributed by atoms with Gasteiger partial charge in [0.2, 0.25) is 11.8 Å². The zero-order valence-electron chi connectivity index (χ0n) is 14.8. The number of carbonyl (C=O) groups excluding carboxylic acids is 2. The van der Waals surface area contributed by atoms with E-state index in [2.05, 4.69) is 0 Å². The number of aliphatic carboxylic acids is 1. The Labute approximate surface area is 148 Å². The third kappa shape index (κ3) is 6.28. The summed E-state index contributed by atoms with van der Waals surface area (Å²) in [7, 11) is 1.60. The molecule has 0 aliphatic carbocycles. The topological polar surface area (TPSA) is 96.4 Å². The minimum absolute atomic E-state index is 0.0162. The lowest BCUT2D eigenvalue weighted by Crippen LogP contribution is -2.45. The van der Waals surface area contributed by atoms with Gasteiger partial charge < -0.3 is 24.4 Å². The number of hydrogen-bond donors (Lipinski definition) is 1. The Hall–Kier alpha value is -1.67. The van der Waals surface area contributed by atoms with Crippen LogP contribution in [0.1, 0.15) is 32.1 Å². The maximum Gasteiger partial charge on any atom is 0.306 e. The average molecular weight is 356 g/mol. The molecular weight excluding hydrogens is 328 g/mol. The average Bonchev–Trinajstić information content (AvgIpc) is 3.11. The molecule has 2 amide bonds. The van der Waals surface area contributed by atoms with E-state index in [1.54, 1.807) is 11.9 Å². The van der Waals surface area contributed by atoms with Crippen LogP contribution in [0, 0.1) is 5.92 Å². The predicted octanol–water partition coefficient (Wildman–Crippen LogP) is 0.354. The minimum Gasteiger partial charge on any atom is -0.481 e. The molecule has 2 saturated heterocycles. The molecular formula is C17H28N2O6. The summed E-state index contributed by atoms with van der Waals surface area (Å²) >= 11 is 0. The molecule has 0 saturated carbocycles. The molecule has 8 heteroatoms. The van der Waals surface area contributed by atoms with Crippen molar-refractivity contribution in [1.82, 2.24) is 9.80 Å². The smallest absolute Gasteiger partial charge is 0.306 e. The van der Waals surface area contributed by atoms with E-state index in [-0.39, 0.29) is 36.8 Å². The van der Waals surface area contributed by atoms with Crippen molar-refractivity contribution in [3.8, 4) is 0 Å². The summed E-state index contributed by atoms with van der Waals surface area (Å²) in [5.41, 5.74) is 0. The van der Waals surface area contributed by atoms with E-state index in [0.29, 0.717) is 39.1 Å². The van der Waals surface area contributed by atoms with Gasteiger partial charge in [0, 0.05) is 26.7 Å². The maximum absolute atomic E-state index is 12.2. The highest BCUT2D eigenvalue weighted by Crippen LogP contribution is 2.17. The molecule has 0 spiro atoms. The summed E-state index contributed by atoms with van der Waals surface area (Å²) in [6.45, 7) is 2.49. The number of amides is 2. The van der Waals surface area contributed by atoms with Crippen molar-refractivity contribution in [2.45, 2.75) is 38.2 Å². The second-order valence-corrected chi connectivity index (χ2v) is 6.70. The second kappa shape index (κ2) is 9.72. The first kappa shape index (κ1) is 19.7. The van der Waals surface area contributed by atoms with Crippen molar-refractivity contribution in [3.63, 3.8) is 0 Å². The van der Waals surface area contributed by atoms with Crippen LogP contribution in [-0.2, 0) is 23.9 Å². The number of piperidine rings is 1. The van der Waals surface area contributed by atoms with Gasteiger partial charge in [-0.25, -0.2) is 0 Å². The van der Waals surface area contributed by atoms with Crippen molar-refractivity contribution in [3.05, 3.63) is 0 Å². The second-order valence-electron chi connectivity index (χ2n) is 6.70. The molecule has 2 fully saturated rings. The maximum atomic E-state index is 12.2. The Balaban J connectivity index is 1.61. The number of carbonyl (C=O) groups is 3. The van der Waals surface area contributed by atoms with Crippen molar-refractivity contribution in [1.29, 1.82) is 0 Å². The van der Waals surface area contributed by atoms with Crippen LogP contribution in [0.15, 0.2) is 0 Å². The van der Waals surface area contributed by atoms with Gasteiger partial charge in [0.05, 0.1) is 38.2 Å². The first-order valence-corrected chi connectivity index (χ1v) is 8.91. The first-order chi connectivity index (χ1) is 12.0. The summed E-state index contributed by atoms with van der Waals surface area (Å²) in [5, 5.41) is 8.98. The van der Waals surface area contributed by atoms with Gasteiger partial charge >= 0.3 is 5.97 Å². The van der Waals surface area contributed by atoms with Gasteiger partial charge in [-0.2, -0.15) is 0 Å². The lowest BCUT2D eigenvalue weighted by molar-refractivity contribution is -0.146. The Morgan fingerprint density at radius 1 is 1.24 bits per heavy atom. The lowest BCUT2D eigenvalue weighted by Gasteiger charge is -2.31. The molecule has 1 unspecified atom stereocenters. The Kier molecular flexibility index (Phi) is 7.64. The van der Waals surface area contributed by atoms with Crippen LogP contribution < -0.4 is 0 Å². The van der Waals surface area contributed by atoms with Gasteiger partial charge in [0.25, 0.3) is 0 Å². The third-order valence-electron chi connectivity index (χ3n) is 4.78. The number of carboxylic acid groups (broad SMARTS) is 1. The van der Waals surface area contributed by atoms with E-state index in [0.717, 1.165) is 19.4 Å². The largest absolute Gasteiger partial charge is 0.481 e. The van der Waals surface area contributed by atoms with Crippen molar-refractivity contribution >= 4 is 17.8 Å². The molecule has 142 valence electrons. The summed E-state index contributed by atoms with van der Waals surface area (Å²) in [4.78, 5) is 38.3. The minimum atomic E-state index is -0.803. The SMILES string of the molecule is CN(CC(=O)N1CCC(C(=O)O)CC1)C(=O)CCOCC1CCCO1. The van der Waals surface area contributed by atoms with Gasteiger partial charge in [-0.1, -0.05) is 0 Å². The molecule has 0 bridgehead atoms. The molecule has 0 aromatic rings. The number of likely N-dealkylation sites (N-methyl/N-ethyl adjacent to an activating group) is 1. The van der Waals surface area contributed by atoms with Crippen molar-refractivity contribution < 1.29 is 29.0 Å². The van der Waals surface area contributed by atoms with E-state index in [1.165, 1.54) is 4.90 Å². The normalized spacial score (nSPS) is 21.3. The van der Waals surface area contributed by atoms with Crippen LogP contribution in [-0.4, -0.2) is 85.3 Å². The number of ether oxygens (including phenoxy) is 2. The van der Waals surface area contributed by atoms with Crippen LogP contribution in [0.3, 0.4) is 0 Å². The summed E-state index contributed by atoms with van der Waals surface area (Å²) in [5.74, 6) is -1.45. The van der Waals surface area contributed by atoms with E-state index < -0.39 is 5.97 Å². The van der Waals surface area contributed by atoms with Crippen LogP contribution in [0.4, 0.5) is 0 Å². The Bertz CT molecular complexity index is 470. The summed E-state index contributed by atoms with van der Waals surface area (Å²) in [6.07, 6.45) is 3.37. The molecule has 0 aromatic heterocycles. The molecule has 1 N–H and O–H groups in total. The fourth-order valence-electron chi connectivity index (χ4n) is 3.11. The summed E-state index contributed by atoms with van der Waals surface area (Å²) < 4.78 is 10.9. The summed E-state index contributed by atoms with van der Waals surface area (Å²) in [6, 6.07) is 0. The predicted molar refractivity (Wildman–Crippen MR) is 89.0 cm³/mol. The number of carboxylic acids is 1. The number of likely N-dealkylation sites (tertiary alicyclic amines) is 1. The zero-order valence-corrected chi connectivity index (χ0v) is 14.8. The zero-order chi connectivity index (χ0) is 18.2. The number of nitrogens with zero attached hydrogens (tertiary/aromatic N) is 2. The molecule has 2 aliphatic heterocycles. The first-order valence-electron chi connectivity index (χ1n) is 8.91. The lowest BCUT2D eigenvalue weighted by atomic mass is 9.97. The van der Waals surface area contributed by atoms with Crippen molar-refractivity contribution in [2.75, 3.05) is 46.5 Å². The van der Waals surface area contributed by atoms with E-state index in [1.807, 2.05) is 0 Å². The molecule has 8 nitrogen and oxygen atoms in total. The molecule has 2 heterocycles. The van der Waals surface area contributed by atoms with Crippen LogP contribution >= 0.6 is 0 Å². The monoisotopic (exact) mass is 356 g/mol. The van der Waals surface area contributed by atoms with Gasteiger partial charge in [-0.3, -0.25) is 14.4 Å². The highest BCUT2D eigenvalue weighted by molar-refractivity contribution is 5.85. The number of hydrogen-bond acceptors (Lipinski definition) is 5. The highest BCUT2D eigenvalue weighted by Gasteiger charge is 2.27. The van der Waals surface area contributed by atoms with Gasteiger partial charge in [0.1, 0.15) is 0 Å². The molecule has 1 atom stereocenters. The fraction of sp³-hybridized carbons (Fsp3) is 0.824. The fourth-order valence-corrected chi connectivity index (χ4v) is 3.11. The molecule has 2 rings (SSSR count). The van der Waals surface area contributed by atoms with Gasteiger partial charge in [0.15, 0.2) is 0 Å². The van der Waals surface area contributed by atoms with Crippen LogP contribution in [0.2, 0.25) is 0 Å². The van der Waals surface area contributed by atoms with E-state index >= 15 is 0 Å². The van der Waals surface area contributed by atoms with Gasteiger partial charge in [-0.05, 0) is 25.7 Å². The third-order valence-corrected chi connectivity index (χ3v) is 4.78. The van der Waals surface area contributed by atoms with E-state index in [4.69, 9.17) is 14.6 Å².